The van der Waals surface area contributed by atoms with Gasteiger partial charge in [0.2, 0.25) is 0 Å². The van der Waals surface area contributed by atoms with E-state index < -0.39 is 23.2 Å². The lowest BCUT2D eigenvalue weighted by molar-refractivity contribution is 0.0696. The van der Waals surface area contributed by atoms with Gasteiger partial charge in [-0.3, -0.25) is 0 Å². The van der Waals surface area contributed by atoms with E-state index in [0.29, 0.717) is 12.5 Å². The maximum atomic E-state index is 13.7. The molecule has 19 heavy (non-hydrogen) atoms. The normalized spacial score (nSPS) is 11.7. The van der Waals surface area contributed by atoms with Crippen molar-refractivity contribution in [2.24, 2.45) is 11.3 Å². The lowest BCUT2D eigenvalue weighted by atomic mass is 9.81. The van der Waals surface area contributed by atoms with Gasteiger partial charge in [-0.05, 0) is 23.5 Å². The van der Waals surface area contributed by atoms with Crippen LogP contribution in [0.1, 0.15) is 38.1 Å². The number of rotatable bonds is 5. The third-order valence-corrected chi connectivity index (χ3v) is 3.57. The molecule has 0 fully saturated rings. The highest BCUT2D eigenvalue weighted by molar-refractivity contribution is 5.88. The zero-order chi connectivity index (χ0) is 14.8. The number of benzene rings is 1. The first-order chi connectivity index (χ1) is 8.65. The van der Waals surface area contributed by atoms with Crippen LogP contribution in [0, 0.1) is 23.0 Å². The van der Waals surface area contributed by atoms with Gasteiger partial charge in [-0.25, -0.2) is 13.6 Å². The van der Waals surface area contributed by atoms with Crippen molar-refractivity contribution in [1.82, 2.24) is 0 Å². The van der Waals surface area contributed by atoms with Gasteiger partial charge in [0, 0.05) is 6.54 Å². The summed E-state index contributed by atoms with van der Waals surface area (Å²) in [4.78, 5) is 10.7. The summed E-state index contributed by atoms with van der Waals surface area (Å²) in [5, 5.41) is 11.4. The summed E-state index contributed by atoms with van der Waals surface area (Å²) >= 11 is 0. The summed E-state index contributed by atoms with van der Waals surface area (Å²) in [6, 6.07) is 1.63. The van der Waals surface area contributed by atoms with Gasteiger partial charge in [0.1, 0.15) is 17.3 Å². The smallest absolute Gasteiger partial charge is 0.335 e. The van der Waals surface area contributed by atoms with E-state index in [2.05, 4.69) is 5.32 Å². The van der Waals surface area contributed by atoms with Gasteiger partial charge >= 0.3 is 5.97 Å². The van der Waals surface area contributed by atoms with Crippen molar-refractivity contribution in [3.63, 3.8) is 0 Å². The van der Waals surface area contributed by atoms with Gasteiger partial charge < -0.3 is 10.4 Å². The summed E-state index contributed by atoms with van der Waals surface area (Å²) < 4.78 is 27.4. The predicted molar refractivity (Wildman–Crippen MR) is 70.4 cm³/mol. The minimum absolute atomic E-state index is 0.135. The second kappa shape index (κ2) is 5.55. The maximum absolute atomic E-state index is 13.7. The summed E-state index contributed by atoms with van der Waals surface area (Å²) in [7, 11) is 0. The lowest BCUT2D eigenvalue weighted by Crippen LogP contribution is -2.29. The fourth-order valence-corrected chi connectivity index (χ4v) is 1.39. The van der Waals surface area contributed by atoms with E-state index in [-0.39, 0.29) is 11.1 Å². The topological polar surface area (TPSA) is 49.3 Å². The number of nitrogens with one attached hydrogen (secondary N) is 1. The van der Waals surface area contributed by atoms with Crippen LogP contribution in [-0.2, 0) is 0 Å². The van der Waals surface area contributed by atoms with Crippen molar-refractivity contribution in [3.05, 3.63) is 29.3 Å². The molecule has 106 valence electrons. The SMILES string of the molecule is CC(C)C(C)(C)CNc1c(F)cc(C(=O)O)cc1F. The van der Waals surface area contributed by atoms with E-state index in [9.17, 15) is 13.6 Å². The molecule has 0 spiro atoms. The average Bonchev–Trinajstić information content (AvgIpc) is 2.27. The molecule has 0 saturated heterocycles. The fourth-order valence-electron chi connectivity index (χ4n) is 1.39. The summed E-state index contributed by atoms with van der Waals surface area (Å²) in [5.41, 5.74) is -0.813. The Morgan fingerprint density at radius 3 is 2.16 bits per heavy atom. The van der Waals surface area contributed by atoms with Gasteiger partial charge in [-0.1, -0.05) is 27.7 Å². The molecule has 0 saturated carbocycles. The Balaban J connectivity index is 2.94. The largest absolute Gasteiger partial charge is 0.478 e. The number of carboxylic acid groups (broad SMARTS) is 1. The average molecular weight is 271 g/mol. The van der Waals surface area contributed by atoms with Gasteiger partial charge in [0.25, 0.3) is 0 Å². The number of aromatic carboxylic acids is 1. The number of anilines is 1. The molecule has 1 aromatic carbocycles. The van der Waals surface area contributed by atoms with Crippen LogP contribution in [0.2, 0.25) is 0 Å². The van der Waals surface area contributed by atoms with E-state index in [1.807, 2.05) is 27.7 Å². The first-order valence-electron chi connectivity index (χ1n) is 6.11. The number of hydrogen-bond acceptors (Lipinski definition) is 2. The molecule has 0 aliphatic rings. The van der Waals surface area contributed by atoms with E-state index in [4.69, 9.17) is 5.11 Å². The third kappa shape index (κ3) is 3.66. The highest BCUT2D eigenvalue weighted by Crippen LogP contribution is 2.28. The van der Waals surface area contributed by atoms with Gasteiger partial charge in [-0.2, -0.15) is 0 Å². The van der Waals surface area contributed by atoms with Crippen molar-refractivity contribution in [1.29, 1.82) is 0 Å². The number of carboxylic acids is 1. The molecule has 0 unspecified atom stereocenters. The van der Waals surface area contributed by atoms with Crippen LogP contribution in [0.3, 0.4) is 0 Å². The van der Waals surface area contributed by atoms with Gasteiger partial charge in [0.05, 0.1) is 5.56 Å². The molecule has 1 aromatic rings. The molecule has 0 atom stereocenters. The molecule has 2 N–H and O–H groups in total. The van der Waals surface area contributed by atoms with Crippen molar-refractivity contribution in [2.75, 3.05) is 11.9 Å². The second-order valence-corrected chi connectivity index (χ2v) is 5.62. The van der Waals surface area contributed by atoms with Gasteiger partial charge in [0.15, 0.2) is 0 Å². The van der Waals surface area contributed by atoms with Gasteiger partial charge in [-0.15, -0.1) is 0 Å². The molecule has 0 aliphatic carbocycles. The third-order valence-electron chi connectivity index (χ3n) is 3.57. The molecule has 0 radical (unpaired) electrons. The highest BCUT2D eigenvalue weighted by atomic mass is 19.1. The van der Waals surface area contributed by atoms with E-state index in [0.717, 1.165) is 12.1 Å². The van der Waals surface area contributed by atoms with Crippen molar-refractivity contribution < 1.29 is 18.7 Å². The van der Waals surface area contributed by atoms with Crippen LogP contribution in [-0.4, -0.2) is 17.6 Å². The zero-order valence-corrected chi connectivity index (χ0v) is 11.6. The van der Waals surface area contributed by atoms with Crippen molar-refractivity contribution >= 4 is 11.7 Å². The lowest BCUT2D eigenvalue weighted by Gasteiger charge is -2.30. The predicted octanol–water partition coefficient (Wildman–Crippen LogP) is 3.76. The Hall–Kier alpha value is -1.65. The Morgan fingerprint density at radius 1 is 1.32 bits per heavy atom. The number of halogens is 2. The second-order valence-electron chi connectivity index (χ2n) is 5.62. The van der Waals surface area contributed by atoms with Crippen LogP contribution < -0.4 is 5.32 Å². The molecule has 0 aliphatic heterocycles. The summed E-state index contributed by atoms with van der Waals surface area (Å²) in [6.45, 7) is 8.44. The first kappa shape index (κ1) is 15.4. The van der Waals surface area contributed by atoms with E-state index in [1.165, 1.54) is 0 Å². The van der Waals surface area contributed by atoms with Crippen LogP contribution in [0.15, 0.2) is 12.1 Å². The minimum Gasteiger partial charge on any atom is -0.478 e. The molecular formula is C14H19F2NO2. The van der Waals surface area contributed by atoms with Crippen LogP contribution in [0.4, 0.5) is 14.5 Å². The maximum Gasteiger partial charge on any atom is 0.335 e. The first-order valence-corrected chi connectivity index (χ1v) is 6.11. The fraction of sp³-hybridized carbons (Fsp3) is 0.500. The Labute approximate surface area is 111 Å². The van der Waals surface area contributed by atoms with Crippen LogP contribution >= 0.6 is 0 Å². The van der Waals surface area contributed by atoms with Crippen LogP contribution in [0.25, 0.3) is 0 Å². The summed E-state index contributed by atoms with van der Waals surface area (Å²) in [5.74, 6) is -2.80. The Bertz CT molecular complexity index is 461. The molecule has 0 aromatic heterocycles. The van der Waals surface area contributed by atoms with Crippen molar-refractivity contribution in [2.45, 2.75) is 27.7 Å². The molecule has 5 heteroatoms. The van der Waals surface area contributed by atoms with Crippen LogP contribution in [0.5, 0.6) is 0 Å². The number of hydrogen-bond donors (Lipinski definition) is 2. The Morgan fingerprint density at radius 2 is 1.79 bits per heavy atom. The van der Waals surface area contributed by atoms with E-state index in [1.54, 1.807) is 0 Å². The highest BCUT2D eigenvalue weighted by Gasteiger charge is 2.23. The quantitative estimate of drug-likeness (QED) is 0.857. The molecule has 0 heterocycles. The summed E-state index contributed by atoms with van der Waals surface area (Å²) in [6.07, 6.45) is 0. The number of carbonyl (C=O) groups is 1. The zero-order valence-electron chi connectivity index (χ0n) is 11.6. The Kier molecular flexibility index (Phi) is 4.50. The standard InChI is InChI=1S/C14H19F2NO2/c1-8(2)14(3,4)7-17-12-10(15)5-9(13(18)19)6-11(12)16/h5-6,8,17H,7H2,1-4H3,(H,18,19). The monoisotopic (exact) mass is 271 g/mol. The molecule has 0 bridgehead atoms. The minimum atomic E-state index is -1.35. The van der Waals surface area contributed by atoms with Crippen molar-refractivity contribution in [3.8, 4) is 0 Å². The molecule has 0 amide bonds. The molecular weight excluding hydrogens is 252 g/mol. The molecule has 1 rings (SSSR count). The molecule has 3 nitrogen and oxygen atoms in total. The van der Waals surface area contributed by atoms with E-state index >= 15 is 0 Å².